The maximum Gasteiger partial charge on any atom is 0.336 e. The Morgan fingerprint density at radius 3 is 2.80 bits per heavy atom. The summed E-state index contributed by atoms with van der Waals surface area (Å²) in [5.74, 6) is 0. The predicted molar refractivity (Wildman–Crippen MR) is 56.3 cm³/mol. The van der Waals surface area contributed by atoms with E-state index in [1.165, 1.54) is 0 Å². The fourth-order valence-electron chi connectivity index (χ4n) is 1.20. The van der Waals surface area contributed by atoms with Gasteiger partial charge in [0.2, 0.25) is 6.26 Å². The summed E-state index contributed by atoms with van der Waals surface area (Å²) in [6.45, 7) is 0. The van der Waals surface area contributed by atoms with Crippen LogP contribution < -0.4 is 0 Å². The minimum absolute atomic E-state index is 0.137. The number of hydrogen-bond donors (Lipinski definition) is 0. The Kier molecular flexibility index (Phi) is 2.51. The second-order valence-electron chi connectivity index (χ2n) is 2.79. The van der Waals surface area contributed by atoms with Gasteiger partial charge in [-0.15, -0.1) is 0 Å². The topological polar surface area (TPSA) is 69.2 Å². The zero-order valence-electron chi connectivity index (χ0n) is 7.38. The molecule has 1 heterocycles. The normalized spacial score (nSPS) is 10.2. The number of halogens is 1. The van der Waals surface area contributed by atoms with Gasteiger partial charge in [0, 0.05) is 10.0 Å². The molecule has 0 fully saturated rings. The van der Waals surface area contributed by atoms with Crippen LogP contribution in [0.4, 0.5) is 5.69 Å². The van der Waals surface area contributed by atoms with E-state index in [-0.39, 0.29) is 11.4 Å². The molecule has 0 atom stereocenters. The summed E-state index contributed by atoms with van der Waals surface area (Å²) < 4.78 is 5.34. The lowest BCUT2D eigenvalue weighted by Crippen LogP contribution is -1.89. The number of rotatable bonds is 2. The summed E-state index contributed by atoms with van der Waals surface area (Å²) in [4.78, 5) is 10.1. The number of aromatic nitrogens is 1. The van der Waals surface area contributed by atoms with Crippen LogP contribution in [0.3, 0.4) is 0 Å². The average molecular weight is 269 g/mol. The average Bonchev–Trinajstić information content (AvgIpc) is 2.67. The van der Waals surface area contributed by atoms with Gasteiger partial charge in [-0.3, -0.25) is 10.1 Å². The second-order valence-corrected chi connectivity index (χ2v) is 3.64. The molecule has 5 nitrogen and oxygen atoms in total. The van der Waals surface area contributed by atoms with Crippen molar-refractivity contribution >= 4 is 21.6 Å². The molecule has 6 heteroatoms. The van der Waals surface area contributed by atoms with Gasteiger partial charge in [-0.05, 0) is 6.07 Å². The molecule has 0 amide bonds. The predicted octanol–water partition coefficient (Wildman–Crippen LogP) is 3.01. The van der Waals surface area contributed by atoms with Crippen LogP contribution in [0.1, 0.15) is 0 Å². The van der Waals surface area contributed by atoms with Gasteiger partial charge in [-0.2, -0.15) is 0 Å². The second kappa shape index (κ2) is 3.82. The molecule has 0 radical (unpaired) electrons. The van der Waals surface area contributed by atoms with Crippen molar-refractivity contribution in [3.63, 3.8) is 0 Å². The summed E-state index contributed by atoms with van der Waals surface area (Å²) in [5, 5.41) is 14.3. The van der Waals surface area contributed by atoms with E-state index >= 15 is 0 Å². The van der Waals surface area contributed by atoms with Gasteiger partial charge >= 0.3 is 5.69 Å². The van der Waals surface area contributed by atoms with E-state index in [2.05, 4.69) is 25.6 Å². The molecular formula is C9H5BrN2O3. The van der Waals surface area contributed by atoms with Gasteiger partial charge in [-0.1, -0.05) is 39.3 Å². The van der Waals surface area contributed by atoms with Crippen LogP contribution in [-0.4, -0.2) is 10.1 Å². The summed E-state index contributed by atoms with van der Waals surface area (Å²) in [6.07, 6.45) is 1.02. The summed E-state index contributed by atoms with van der Waals surface area (Å²) in [5.41, 5.74) is 0.729. The van der Waals surface area contributed by atoms with Crippen LogP contribution >= 0.6 is 15.9 Å². The first-order chi connectivity index (χ1) is 7.20. The van der Waals surface area contributed by atoms with Gasteiger partial charge in [-0.25, -0.2) is 0 Å². The Morgan fingerprint density at radius 1 is 1.40 bits per heavy atom. The summed E-state index contributed by atoms with van der Waals surface area (Å²) >= 11 is 3.30. The fourth-order valence-corrected chi connectivity index (χ4v) is 1.67. The Bertz CT molecular complexity index is 510. The zero-order valence-corrected chi connectivity index (χ0v) is 8.97. The van der Waals surface area contributed by atoms with Crippen molar-refractivity contribution < 1.29 is 9.45 Å². The Balaban J connectivity index is 2.59. The minimum atomic E-state index is -0.523. The fraction of sp³-hybridized carbons (Fsp3) is 0. The molecule has 15 heavy (non-hydrogen) atoms. The quantitative estimate of drug-likeness (QED) is 0.620. The van der Waals surface area contributed by atoms with Crippen LogP contribution in [0.15, 0.2) is 39.5 Å². The Labute approximate surface area is 93.0 Å². The smallest absolute Gasteiger partial charge is 0.336 e. The number of hydrogen-bond acceptors (Lipinski definition) is 4. The van der Waals surface area contributed by atoms with Crippen LogP contribution in [0.25, 0.3) is 11.3 Å². The van der Waals surface area contributed by atoms with E-state index in [0.717, 1.165) is 10.7 Å². The molecule has 76 valence electrons. The summed E-state index contributed by atoms with van der Waals surface area (Å²) in [7, 11) is 0. The van der Waals surface area contributed by atoms with Crippen molar-refractivity contribution in [3.05, 3.63) is 45.1 Å². The molecule has 0 aliphatic rings. The molecule has 1 aromatic heterocycles. The Hall–Kier alpha value is -1.69. The van der Waals surface area contributed by atoms with E-state index in [4.69, 9.17) is 0 Å². The minimum Gasteiger partial charge on any atom is -0.357 e. The third-order valence-corrected chi connectivity index (χ3v) is 2.57. The molecule has 0 saturated heterocycles. The maximum absolute atomic E-state index is 10.7. The maximum atomic E-state index is 10.7. The van der Waals surface area contributed by atoms with Crippen LogP contribution in [0, 0.1) is 10.1 Å². The first-order valence-corrected chi connectivity index (χ1v) is 4.83. The van der Waals surface area contributed by atoms with E-state index in [1.807, 2.05) is 6.07 Å². The van der Waals surface area contributed by atoms with Gasteiger partial charge in [0.25, 0.3) is 0 Å². The van der Waals surface area contributed by atoms with Crippen molar-refractivity contribution in [1.82, 2.24) is 5.16 Å². The van der Waals surface area contributed by atoms with Crippen LogP contribution in [0.5, 0.6) is 0 Å². The monoisotopic (exact) mass is 268 g/mol. The molecule has 0 aliphatic heterocycles. The zero-order chi connectivity index (χ0) is 10.8. The Morgan fingerprint density at radius 2 is 2.13 bits per heavy atom. The van der Waals surface area contributed by atoms with Crippen molar-refractivity contribution in [1.29, 1.82) is 0 Å². The van der Waals surface area contributed by atoms with Gasteiger partial charge < -0.3 is 4.52 Å². The first kappa shape index (κ1) is 9.85. The van der Waals surface area contributed by atoms with Gasteiger partial charge in [0.05, 0.1) is 4.92 Å². The van der Waals surface area contributed by atoms with Gasteiger partial charge in [0.1, 0.15) is 0 Å². The lowest BCUT2D eigenvalue weighted by molar-refractivity contribution is -0.384. The van der Waals surface area contributed by atoms with Crippen molar-refractivity contribution in [2.24, 2.45) is 0 Å². The largest absolute Gasteiger partial charge is 0.357 e. The van der Waals surface area contributed by atoms with E-state index in [9.17, 15) is 10.1 Å². The van der Waals surface area contributed by atoms with E-state index in [0.29, 0.717) is 5.56 Å². The molecule has 0 spiro atoms. The number of nitrogens with zero attached hydrogens (tertiary/aromatic N) is 2. The molecule has 0 unspecified atom stereocenters. The third kappa shape index (κ3) is 1.75. The highest BCUT2D eigenvalue weighted by atomic mass is 79.9. The van der Waals surface area contributed by atoms with E-state index in [1.54, 1.807) is 18.2 Å². The van der Waals surface area contributed by atoms with E-state index < -0.39 is 4.92 Å². The molecule has 1 aromatic carbocycles. The van der Waals surface area contributed by atoms with Crippen LogP contribution in [0.2, 0.25) is 0 Å². The first-order valence-electron chi connectivity index (χ1n) is 4.04. The molecule has 0 N–H and O–H groups in total. The van der Waals surface area contributed by atoms with Crippen molar-refractivity contribution in [2.75, 3.05) is 0 Å². The highest BCUT2D eigenvalue weighted by Gasteiger charge is 2.21. The number of benzene rings is 1. The molecule has 0 bridgehead atoms. The number of nitro groups is 1. The lowest BCUT2D eigenvalue weighted by Gasteiger charge is -1.98. The third-order valence-electron chi connectivity index (χ3n) is 1.88. The SMILES string of the molecule is O=[N+]([O-])c1conc1-c1ccccc1Br. The van der Waals surface area contributed by atoms with Crippen LogP contribution in [-0.2, 0) is 0 Å². The lowest BCUT2D eigenvalue weighted by atomic mass is 10.1. The van der Waals surface area contributed by atoms with Crippen molar-refractivity contribution in [3.8, 4) is 11.3 Å². The van der Waals surface area contributed by atoms with Gasteiger partial charge in [0.15, 0.2) is 5.69 Å². The molecule has 2 aromatic rings. The molecule has 0 aliphatic carbocycles. The molecular weight excluding hydrogens is 264 g/mol. The summed E-state index contributed by atoms with van der Waals surface area (Å²) in [6, 6.07) is 7.11. The highest BCUT2D eigenvalue weighted by molar-refractivity contribution is 9.10. The standard InChI is InChI=1S/C9H5BrN2O3/c10-7-4-2-1-3-6(7)9-8(12(13)14)5-15-11-9/h1-5H. The molecule has 2 rings (SSSR count). The highest BCUT2D eigenvalue weighted by Crippen LogP contribution is 2.33. The molecule has 0 saturated carbocycles. The van der Waals surface area contributed by atoms with Crippen molar-refractivity contribution in [2.45, 2.75) is 0 Å².